The average Bonchev–Trinajstić information content (AvgIpc) is 2.28. The van der Waals surface area contributed by atoms with E-state index in [1.54, 1.807) is 18.2 Å². The minimum Gasteiger partial charge on any atom is -0.340 e. The predicted octanol–water partition coefficient (Wildman–Crippen LogP) is 3.58. The number of benzene rings is 1. The lowest BCUT2D eigenvalue weighted by atomic mass is 10.3. The van der Waals surface area contributed by atoms with E-state index in [-0.39, 0.29) is 5.82 Å². The predicted molar refractivity (Wildman–Crippen MR) is 66.1 cm³/mol. The minimum absolute atomic E-state index is 0.300. The van der Waals surface area contributed by atoms with Gasteiger partial charge >= 0.3 is 0 Å². The van der Waals surface area contributed by atoms with Crippen LogP contribution in [0.2, 0.25) is 5.15 Å². The van der Waals surface area contributed by atoms with E-state index >= 15 is 0 Å². The molecule has 2 aromatic rings. The third-order valence-electron chi connectivity index (χ3n) is 2.15. The molecule has 0 saturated heterocycles. The van der Waals surface area contributed by atoms with Gasteiger partial charge < -0.3 is 5.32 Å². The zero-order valence-electron chi connectivity index (χ0n) is 9.24. The molecule has 0 amide bonds. The van der Waals surface area contributed by atoms with Crippen LogP contribution in [0.1, 0.15) is 12.7 Å². The Morgan fingerprint density at radius 1 is 1.29 bits per heavy atom. The summed E-state index contributed by atoms with van der Waals surface area (Å²) in [5, 5.41) is 3.36. The van der Waals surface area contributed by atoms with Gasteiger partial charge in [-0.1, -0.05) is 24.6 Å². The van der Waals surface area contributed by atoms with Crippen molar-refractivity contribution in [2.45, 2.75) is 13.3 Å². The summed E-state index contributed by atoms with van der Waals surface area (Å²) < 4.78 is 13.0. The van der Waals surface area contributed by atoms with Crippen molar-refractivity contribution in [2.24, 2.45) is 0 Å². The SMILES string of the molecule is CCc1nc(Cl)cc(Nc2cccc(F)c2)n1. The minimum atomic E-state index is -0.300. The summed E-state index contributed by atoms with van der Waals surface area (Å²) >= 11 is 5.86. The first-order valence-electron chi connectivity index (χ1n) is 5.23. The van der Waals surface area contributed by atoms with Gasteiger partial charge in [0.05, 0.1) is 0 Å². The van der Waals surface area contributed by atoms with Gasteiger partial charge in [0, 0.05) is 18.2 Å². The monoisotopic (exact) mass is 251 g/mol. The lowest BCUT2D eigenvalue weighted by Gasteiger charge is -2.07. The second-order valence-corrected chi connectivity index (χ2v) is 3.87. The van der Waals surface area contributed by atoms with E-state index < -0.39 is 0 Å². The molecule has 0 spiro atoms. The summed E-state index contributed by atoms with van der Waals surface area (Å²) in [6.07, 6.45) is 0.693. The molecule has 1 aromatic heterocycles. The van der Waals surface area contributed by atoms with Crippen LogP contribution in [-0.4, -0.2) is 9.97 Å². The van der Waals surface area contributed by atoms with Crippen molar-refractivity contribution in [1.82, 2.24) is 9.97 Å². The maximum absolute atomic E-state index is 13.0. The first kappa shape index (κ1) is 11.8. The van der Waals surface area contributed by atoms with Crippen molar-refractivity contribution in [3.63, 3.8) is 0 Å². The highest BCUT2D eigenvalue weighted by atomic mass is 35.5. The molecule has 0 atom stereocenters. The molecule has 88 valence electrons. The maximum atomic E-state index is 13.0. The molecule has 0 aliphatic heterocycles. The van der Waals surface area contributed by atoms with Crippen LogP contribution >= 0.6 is 11.6 Å². The van der Waals surface area contributed by atoms with Crippen LogP contribution in [-0.2, 0) is 6.42 Å². The molecule has 1 aromatic carbocycles. The lowest BCUT2D eigenvalue weighted by Crippen LogP contribution is -1.99. The van der Waals surface area contributed by atoms with Crippen LogP contribution < -0.4 is 5.32 Å². The fourth-order valence-electron chi connectivity index (χ4n) is 1.40. The Morgan fingerprint density at radius 2 is 2.12 bits per heavy atom. The summed E-state index contributed by atoms with van der Waals surface area (Å²) in [7, 11) is 0. The zero-order chi connectivity index (χ0) is 12.3. The highest BCUT2D eigenvalue weighted by molar-refractivity contribution is 6.29. The van der Waals surface area contributed by atoms with Gasteiger partial charge in [-0.25, -0.2) is 14.4 Å². The van der Waals surface area contributed by atoms with Crippen molar-refractivity contribution in [3.05, 3.63) is 47.1 Å². The van der Waals surface area contributed by atoms with Gasteiger partial charge in [-0.3, -0.25) is 0 Å². The number of rotatable bonds is 3. The number of halogens is 2. The highest BCUT2D eigenvalue weighted by Crippen LogP contribution is 2.18. The second-order valence-electron chi connectivity index (χ2n) is 3.48. The number of hydrogen-bond acceptors (Lipinski definition) is 3. The lowest BCUT2D eigenvalue weighted by molar-refractivity contribution is 0.628. The van der Waals surface area contributed by atoms with Crippen LogP contribution in [0, 0.1) is 5.82 Å². The van der Waals surface area contributed by atoms with E-state index in [4.69, 9.17) is 11.6 Å². The molecule has 0 fully saturated rings. The molecule has 0 aliphatic carbocycles. The van der Waals surface area contributed by atoms with Gasteiger partial charge in [0.2, 0.25) is 0 Å². The average molecular weight is 252 g/mol. The van der Waals surface area contributed by atoms with Crippen molar-refractivity contribution in [2.75, 3.05) is 5.32 Å². The molecule has 0 aliphatic rings. The van der Waals surface area contributed by atoms with Gasteiger partial charge in [0.1, 0.15) is 22.6 Å². The molecule has 0 bridgehead atoms. The topological polar surface area (TPSA) is 37.8 Å². The van der Waals surface area contributed by atoms with Crippen molar-refractivity contribution >= 4 is 23.1 Å². The molecule has 1 heterocycles. The smallest absolute Gasteiger partial charge is 0.135 e. The van der Waals surface area contributed by atoms with Gasteiger partial charge in [-0.2, -0.15) is 0 Å². The molecule has 5 heteroatoms. The van der Waals surface area contributed by atoms with Crippen molar-refractivity contribution in [3.8, 4) is 0 Å². The first-order chi connectivity index (χ1) is 8.17. The Hall–Kier alpha value is -1.68. The van der Waals surface area contributed by atoms with Crippen LogP contribution in [0.5, 0.6) is 0 Å². The van der Waals surface area contributed by atoms with E-state index in [0.717, 1.165) is 0 Å². The van der Waals surface area contributed by atoms with Crippen molar-refractivity contribution < 1.29 is 4.39 Å². The molecule has 0 unspecified atom stereocenters. The van der Waals surface area contributed by atoms with Gasteiger partial charge in [0.25, 0.3) is 0 Å². The van der Waals surface area contributed by atoms with Crippen LogP contribution in [0.3, 0.4) is 0 Å². The quantitative estimate of drug-likeness (QED) is 0.848. The molecule has 0 saturated carbocycles. The van der Waals surface area contributed by atoms with Gasteiger partial charge in [0.15, 0.2) is 0 Å². The summed E-state index contributed by atoms with van der Waals surface area (Å²) in [5.74, 6) is 0.912. The number of hydrogen-bond donors (Lipinski definition) is 1. The van der Waals surface area contributed by atoms with Crippen molar-refractivity contribution in [1.29, 1.82) is 0 Å². The number of aromatic nitrogens is 2. The fraction of sp³-hybridized carbons (Fsp3) is 0.167. The first-order valence-corrected chi connectivity index (χ1v) is 5.61. The molecular formula is C12H11ClFN3. The van der Waals surface area contributed by atoms with E-state index in [1.807, 2.05) is 6.92 Å². The summed E-state index contributed by atoms with van der Waals surface area (Å²) in [5.41, 5.74) is 0.627. The van der Waals surface area contributed by atoms with Gasteiger partial charge in [-0.05, 0) is 18.2 Å². The Labute approximate surface area is 104 Å². The zero-order valence-corrected chi connectivity index (χ0v) is 10.0. The van der Waals surface area contributed by atoms with Crippen LogP contribution in [0.4, 0.5) is 15.9 Å². The number of aryl methyl sites for hydroxylation is 1. The highest BCUT2D eigenvalue weighted by Gasteiger charge is 2.02. The Morgan fingerprint density at radius 3 is 2.82 bits per heavy atom. The van der Waals surface area contributed by atoms with Crippen LogP contribution in [0.25, 0.3) is 0 Å². The molecule has 2 rings (SSSR count). The molecule has 3 nitrogen and oxygen atoms in total. The second kappa shape index (κ2) is 5.10. The summed E-state index contributed by atoms with van der Waals surface area (Å²) in [6.45, 7) is 1.94. The Balaban J connectivity index is 2.26. The van der Waals surface area contributed by atoms with E-state index in [2.05, 4.69) is 15.3 Å². The molecule has 1 N–H and O–H groups in total. The molecule has 17 heavy (non-hydrogen) atoms. The fourth-order valence-corrected chi connectivity index (χ4v) is 1.60. The standard InChI is InChI=1S/C12H11ClFN3/c1-2-11-16-10(13)7-12(17-11)15-9-5-3-4-8(14)6-9/h3-7H,2H2,1H3,(H,15,16,17). The van der Waals surface area contributed by atoms with E-state index in [1.165, 1.54) is 12.1 Å². The van der Waals surface area contributed by atoms with E-state index in [9.17, 15) is 4.39 Å². The Bertz CT molecular complexity index is 531. The molecular weight excluding hydrogens is 241 g/mol. The molecule has 0 radical (unpaired) electrons. The summed E-state index contributed by atoms with van der Waals surface area (Å²) in [6, 6.07) is 7.76. The Kier molecular flexibility index (Phi) is 3.54. The number of nitrogens with one attached hydrogen (secondary N) is 1. The number of nitrogens with zero attached hydrogens (tertiary/aromatic N) is 2. The largest absolute Gasteiger partial charge is 0.340 e. The number of anilines is 2. The summed E-state index contributed by atoms with van der Waals surface area (Å²) in [4.78, 5) is 8.30. The third-order valence-corrected chi connectivity index (χ3v) is 2.35. The maximum Gasteiger partial charge on any atom is 0.135 e. The van der Waals surface area contributed by atoms with Gasteiger partial charge in [-0.15, -0.1) is 0 Å². The normalized spacial score (nSPS) is 10.3. The third kappa shape index (κ3) is 3.14. The van der Waals surface area contributed by atoms with E-state index in [0.29, 0.717) is 28.9 Å². The van der Waals surface area contributed by atoms with Crippen LogP contribution in [0.15, 0.2) is 30.3 Å².